The van der Waals surface area contributed by atoms with Gasteiger partial charge in [0.1, 0.15) is 17.3 Å². The van der Waals surface area contributed by atoms with Gasteiger partial charge in [-0.2, -0.15) is 0 Å². The maximum Gasteiger partial charge on any atom is 0.270 e. The molecule has 3 aromatic rings. The molecule has 4 heterocycles. The first-order valence-electron chi connectivity index (χ1n) is 9.14. The van der Waals surface area contributed by atoms with Crippen LogP contribution in [-0.2, 0) is 29.3 Å². The molecule has 9 heteroatoms. The van der Waals surface area contributed by atoms with Gasteiger partial charge in [-0.25, -0.2) is 9.37 Å². The fourth-order valence-electron chi connectivity index (χ4n) is 4.09. The van der Waals surface area contributed by atoms with Crippen molar-refractivity contribution in [3.8, 4) is 0 Å². The van der Waals surface area contributed by atoms with Crippen molar-refractivity contribution in [2.45, 2.75) is 25.9 Å². The topological polar surface area (TPSA) is 93.5 Å². The summed E-state index contributed by atoms with van der Waals surface area (Å²) in [6, 6.07) is 4.37. The lowest BCUT2D eigenvalue weighted by molar-refractivity contribution is 0.0329. The Balaban J connectivity index is 1.52. The van der Waals surface area contributed by atoms with Gasteiger partial charge in [-0.3, -0.25) is 4.79 Å². The van der Waals surface area contributed by atoms with Gasteiger partial charge in [0.2, 0.25) is 0 Å². The Labute approximate surface area is 174 Å². The second-order valence-corrected chi connectivity index (χ2v) is 8.21. The van der Waals surface area contributed by atoms with Crippen LogP contribution in [0.5, 0.6) is 0 Å². The van der Waals surface area contributed by atoms with Crippen molar-refractivity contribution < 1.29 is 18.7 Å². The molecule has 29 heavy (non-hydrogen) atoms. The van der Waals surface area contributed by atoms with Gasteiger partial charge in [0, 0.05) is 28.2 Å². The molecule has 1 aromatic carbocycles. The summed E-state index contributed by atoms with van der Waals surface area (Å²) < 4.78 is 26.4. The van der Waals surface area contributed by atoms with Crippen molar-refractivity contribution in [1.82, 2.24) is 14.9 Å². The minimum atomic E-state index is -0.530. The minimum Gasteiger partial charge on any atom is -0.383 e. The molecule has 150 valence electrons. The summed E-state index contributed by atoms with van der Waals surface area (Å²) in [5.41, 5.74) is 10.7. The van der Waals surface area contributed by atoms with Crippen molar-refractivity contribution >= 4 is 38.7 Å². The molecule has 1 atom stereocenters. The zero-order valence-electron chi connectivity index (χ0n) is 15.6. The molecule has 3 N–H and O–H groups in total. The Morgan fingerprint density at radius 1 is 1.28 bits per heavy atom. The lowest BCUT2D eigenvalue weighted by Gasteiger charge is -2.33. The lowest BCUT2D eigenvalue weighted by Crippen LogP contribution is -2.37. The summed E-state index contributed by atoms with van der Waals surface area (Å²) in [5.74, 6) is -0.222. The molecule has 2 aromatic heterocycles. The average molecular weight is 461 g/mol. The number of nitrogens with two attached hydrogens (primary N) is 1. The van der Waals surface area contributed by atoms with E-state index in [1.165, 1.54) is 11.0 Å². The number of carbonyl (C=O) groups excluding carboxylic acids is 1. The van der Waals surface area contributed by atoms with Crippen LogP contribution < -0.4 is 5.73 Å². The third-order valence-electron chi connectivity index (χ3n) is 5.57. The van der Waals surface area contributed by atoms with Gasteiger partial charge in [0.15, 0.2) is 0 Å². The monoisotopic (exact) mass is 460 g/mol. The summed E-state index contributed by atoms with van der Waals surface area (Å²) in [6.45, 7) is 1.37. The second-order valence-electron chi connectivity index (χ2n) is 7.30. The molecule has 0 bridgehead atoms. The molecule has 0 spiro atoms. The van der Waals surface area contributed by atoms with Crippen molar-refractivity contribution in [2.75, 3.05) is 19.4 Å². The number of nitrogen functional groups attached to an aromatic ring is 1. The molecule has 0 fully saturated rings. The molecule has 0 unspecified atom stereocenters. The lowest BCUT2D eigenvalue weighted by atomic mass is 9.97. The van der Waals surface area contributed by atoms with Gasteiger partial charge in [-0.05, 0) is 23.8 Å². The van der Waals surface area contributed by atoms with E-state index in [2.05, 4.69) is 25.9 Å². The largest absolute Gasteiger partial charge is 0.383 e. The number of likely N-dealkylation sites (N-methyl/N-ethyl adjacent to an activating group) is 1. The van der Waals surface area contributed by atoms with Crippen LogP contribution >= 0.6 is 15.9 Å². The second kappa shape index (κ2) is 6.79. The van der Waals surface area contributed by atoms with Crippen LogP contribution in [0.25, 0.3) is 11.0 Å². The van der Waals surface area contributed by atoms with Crippen LogP contribution in [0.2, 0.25) is 0 Å². The number of H-pyrrole nitrogens is 1. The number of ether oxygens (including phenoxy) is 2. The molecule has 0 aliphatic carbocycles. The molecular formula is C20H18BrFN4O3. The number of halogens is 2. The van der Waals surface area contributed by atoms with Crippen LogP contribution in [0.15, 0.2) is 22.7 Å². The highest BCUT2D eigenvalue weighted by molar-refractivity contribution is 9.10. The number of rotatable bonds is 2. The van der Waals surface area contributed by atoms with Crippen LogP contribution in [0, 0.1) is 5.82 Å². The number of anilines is 1. The quantitative estimate of drug-likeness (QED) is 0.610. The summed E-state index contributed by atoms with van der Waals surface area (Å²) in [5, 5.41) is 0. The third-order valence-corrected chi connectivity index (χ3v) is 6.03. The number of pyridine rings is 1. The number of aromatic nitrogens is 2. The number of carbonyl (C=O) groups is 1. The number of fused-ring (bicyclic) bond motifs is 4. The third kappa shape index (κ3) is 2.92. The van der Waals surface area contributed by atoms with Crippen LogP contribution in [0.4, 0.5) is 10.2 Å². The van der Waals surface area contributed by atoms with Gasteiger partial charge in [-0.1, -0.05) is 15.9 Å². The standard InChI is InChI=1S/C20H18BrFN4O3/c1-26(16-8-28-5-9-2-10(21)3-13(22)17(9)16)20(27)15-4-14-18(24-15)11-6-29-7-12(11)19(23)25-14/h2-4,16,24H,5-8H2,1H3,(H2,23,25)/t16-/m1/s1. The van der Waals surface area contributed by atoms with Crippen LogP contribution in [-0.4, -0.2) is 34.4 Å². The van der Waals surface area contributed by atoms with Gasteiger partial charge < -0.3 is 25.1 Å². The van der Waals surface area contributed by atoms with Crippen molar-refractivity contribution in [1.29, 1.82) is 0 Å². The molecular weight excluding hydrogens is 443 g/mol. The molecule has 2 aliphatic heterocycles. The predicted octanol–water partition coefficient (Wildman–Crippen LogP) is 3.42. The van der Waals surface area contributed by atoms with Crippen molar-refractivity contribution in [2.24, 2.45) is 0 Å². The number of hydrogen-bond donors (Lipinski definition) is 2. The van der Waals surface area contributed by atoms with Gasteiger partial charge in [0.05, 0.1) is 43.5 Å². The summed E-state index contributed by atoms with van der Waals surface area (Å²) in [7, 11) is 1.65. The van der Waals surface area contributed by atoms with E-state index in [0.717, 1.165) is 22.2 Å². The van der Waals surface area contributed by atoms with E-state index in [0.29, 0.717) is 46.9 Å². The Morgan fingerprint density at radius 2 is 2.07 bits per heavy atom. The average Bonchev–Trinajstić information content (AvgIpc) is 3.33. The molecule has 7 nitrogen and oxygen atoms in total. The summed E-state index contributed by atoms with van der Waals surface area (Å²) in [6.07, 6.45) is 0. The normalized spacial score (nSPS) is 18.0. The van der Waals surface area contributed by atoms with Crippen LogP contribution in [0.3, 0.4) is 0 Å². The van der Waals surface area contributed by atoms with Crippen LogP contribution in [0.1, 0.15) is 38.8 Å². The fourth-order valence-corrected chi connectivity index (χ4v) is 4.56. The Bertz CT molecular complexity index is 1160. The Morgan fingerprint density at radius 3 is 2.90 bits per heavy atom. The highest BCUT2D eigenvalue weighted by Gasteiger charge is 2.32. The first-order chi connectivity index (χ1) is 13.9. The molecule has 5 rings (SSSR count). The maximum atomic E-state index is 14.7. The first kappa shape index (κ1) is 18.5. The summed E-state index contributed by atoms with van der Waals surface area (Å²) >= 11 is 3.31. The first-order valence-corrected chi connectivity index (χ1v) is 9.93. The Kier molecular flexibility index (Phi) is 4.34. The fraction of sp³-hybridized carbons (Fsp3) is 0.300. The van der Waals surface area contributed by atoms with E-state index >= 15 is 0 Å². The Hall–Kier alpha value is -2.49. The smallest absolute Gasteiger partial charge is 0.270 e. The highest BCUT2D eigenvalue weighted by atomic mass is 79.9. The van der Waals surface area contributed by atoms with E-state index in [1.807, 2.05) is 6.07 Å². The number of amides is 1. The number of nitrogens with zero attached hydrogens (tertiary/aromatic N) is 2. The molecule has 1 amide bonds. The van der Waals surface area contributed by atoms with E-state index in [-0.39, 0.29) is 18.3 Å². The zero-order valence-corrected chi connectivity index (χ0v) is 17.2. The van der Waals surface area contributed by atoms with E-state index in [9.17, 15) is 9.18 Å². The van der Waals surface area contributed by atoms with E-state index < -0.39 is 6.04 Å². The summed E-state index contributed by atoms with van der Waals surface area (Å²) in [4.78, 5) is 22.3. The van der Waals surface area contributed by atoms with E-state index in [1.54, 1.807) is 13.1 Å². The van der Waals surface area contributed by atoms with Crippen molar-refractivity contribution in [3.63, 3.8) is 0 Å². The maximum absolute atomic E-state index is 14.7. The zero-order chi connectivity index (χ0) is 20.3. The molecule has 0 saturated carbocycles. The molecule has 0 saturated heterocycles. The highest BCUT2D eigenvalue weighted by Crippen LogP contribution is 2.35. The number of hydrogen-bond acceptors (Lipinski definition) is 5. The van der Waals surface area contributed by atoms with Gasteiger partial charge in [-0.15, -0.1) is 0 Å². The molecule has 2 aliphatic rings. The minimum absolute atomic E-state index is 0.225. The van der Waals surface area contributed by atoms with Crippen molar-refractivity contribution in [3.05, 3.63) is 56.4 Å². The SMILES string of the molecule is CN(C(=O)c1cc2nc(N)c3c(c2[nH]1)COC3)[C@@H]1COCc2cc(Br)cc(F)c21. The van der Waals surface area contributed by atoms with E-state index in [4.69, 9.17) is 15.2 Å². The van der Waals surface area contributed by atoms with Gasteiger partial charge >= 0.3 is 0 Å². The number of benzene rings is 1. The van der Waals surface area contributed by atoms with Gasteiger partial charge in [0.25, 0.3) is 5.91 Å². The number of nitrogens with one attached hydrogen (secondary N) is 1. The predicted molar refractivity (Wildman–Crippen MR) is 108 cm³/mol. The molecule has 0 radical (unpaired) electrons. The number of aromatic amines is 1.